The number of benzene rings is 1. The van der Waals surface area contributed by atoms with Crippen molar-refractivity contribution >= 4 is 47.8 Å². The first-order chi connectivity index (χ1) is 12.2. The fourth-order valence-electron chi connectivity index (χ4n) is 3.69. The number of rotatable bonds is 2. The molecule has 0 spiro atoms. The smallest absolute Gasteiger partial charge is 0.327 e. The summed E-state index contributed by atoms with van der Waals surface area (Å²) in [5.74, 6) is -0.0962. The van der Waals surface area contributed by atoms with Crippen LogP contribution < -0.4 is 5.32 Å². The van der Waals surface area contributed by atoms with Gasteiger partial charge in [-0.05, 0) is 44.4 Å². The molecular weight excluding hydrogens is 389 g/mol. The van der Waals surface area contributed by atoms with Gasteiger partial charge in [0.15, 0.2) is 5.82 Å². The summed E-state index contributed by atoms with van der Waals surface area (Å²) >= 11 is 0. The number of carbonyl (C=O) groups is 2. The van der Waals surface area contributed by atoms with Crippen LogP contribution in [0.5, 0.6) is 0 Å². The lowest BCUT2D eigenvalue weighted by atomic mass is 10.1. The maximum atomic E-state index is 13.2. The van der Waals surface area contributed by atoms with Crippen molar-refractivity contribution in [3.05, 3.63) is 30.1 Å². The van der Waals surface area contributed by atoms with Gasteiger partial charge in [-0.15, -0.1) is 24.8 Å². The molecule has 9 heteroatoms. The number of piperidine rings is 1. The van der Waals surface area contributed by atoms with Gasteiger partial charge >= 0.3 is 6.03 Å². The van der Waals surface area contributed by atoms with Crippen LogP contribution in [0.15, 0.2) is 24.3 Å². The Kier molecular flexibility index (Phi) is 7.47. The third kappa shape index (κ3) is 4.36. The van der Waals surface area contributed by atoms with E-state index in [1.54, 1.807) is 4.90 Å². The average molecular weight is 414 g/mol. The molecule has 3 amide bonds. The van der Waals surface area contributed by atoms with E-state index in [0.29, 0.717) is 6.54 Å². The molecule has 0 saturated carbocycles. The fourth-order valence-corrected chi connectivity index (χ4v) is 3.69. The van der Waals surface area contributed by atoms with Gasteiger partial charge in [-0.2, -0.15) is 0 Å². The Balaban J connectivity index is 0.00000131. The van der Waals surface area contributed by atoms with Crippen LogP contribution in [0.3, 0.4) is 0 Å². The van der Waals surface area contributed by atoms with Gasteiger partial charge in [-0.1, -0.05) is 12.1 Å². The summed E-state index contributed by atoms with van der Waals surface area (Å²) in [5, 5.41) is 3.30. The molecule has 3 heterocycles. The molecule has 1 aromatic carbocycles. The zero-order chi connectivity index (χ0) is 17.2. The molecule has 0 bridgehead atoms. The van der Waals surface area contributed by atoms with Crippen LogP contribution >= 0.6 is 24.8 Å². The maximum Gasteiger partial charge on any atom is 0.327 e. The van der Waals surface area contributed by atoms with Crippen molar-refractivity contribution in [1.29, 1.82) is 0 Å². The van der Waals surface area contributed by atoms with Crippen molar-refractivity contribution < 1.29 is 9.59 Å². The lowest BCUT2D eigenvalue weighted by molar-refractivity contribution is 0.0663. The van der Waals surface area contributed by atoms with Crippen molar-refractivity contribution in [2.24, 2.45) is 0 Å². The molecule has 2 N–H and O–H groups in total. The highest BCUT2D eigenvalue weighted by Crippen LogP contribution is 2.20. The highest BCUT2D eigenvalue weighted by molar-refractivity contribution is 6.04. The van der Waals surface area contributed by atoms with Crippen LogP contribution in [0.1, 0.15) is 36.3 Å². The van der Waals surface area contributed by atoms with Crippen LogP contribution in [0.2, 0.25) is 0 Å². The van der Waals surface area contributed by atoms with E-state index >= 15 is 0 Å². The minimum absolute atomic E-state index is 0. The van der Waals surface area contributed by atoms with Crippen LogP contribution in [-0.4, -0.2) is 63.9 Å². The molecule has 27 heavy (non-hydrogen) atoms. The molecule has 1 unspecified atom stereocenters. The number of amides is 3. The van der Waals surface area contributed by atoms with E-state index in [1.807, 2.05) is 24.3 Å². The van der Waals surface area contributed by atoms with E-state index < -0.39 is 0 Å². The SMILES string of the molecule is Cl.Cl.O=C(c1nc2ccccc2[nH]1)N(C(=O)N1CCCC1)C1CCCNC1. The molecule has 2 aromatic rings. The number of H-pyrrole nitrogens is 1. The first kappa shape index (κ1) is 21.5. The number of hydrogen-bond acceptors (Lipinski definition) is 4. The normalized spacial score (nSPS) is 19.3. The Hall–Kier alpha value is -1.83. The number of urea groups is 1. The van der Waals surface area contributed by atoms with Crippen molar-refractivity contribution in [2.45, 2.75) is 31.7 Å². The van der Waals surface area contributed by atoms with E-state index in [0.717, 1.165) is 56.4 Å². The molecule has 1 atom stereocenters. The third-order valence-corrected chi connectivity index (χ3v) is 5.03. The number of imide groups is 1. The molecule has 1 aromatic heterocycles. The zero-order valence-corrected chi connectivity index (χ0v) is 16.7. The van der Waals surface area contributed by atoms with E-state index in [4.69, 9.17) is 0 Å². The van der Waals surface area contributed by atoms with Gasteiger partial charge in [0.2, 0.25) is 0 Å². The standard InChI is InChI=1S/C18H23N5O2.2ClH/c24-17(16-20-14-7-1-2-8-15(14)21-16)23(13-6-5-9-19-12-13)18(25)22-10-3-4-11-22;;/h1-2,7-8,13,19H,3-6,9-12H2,(H,20,21);2*1H. The molecule has 2 fully saturated rings. The highest BCUT2D eigenvalue weighted by Gasteiger charge is 2.36. The molecule has 0 aliphatic carbocycles. The van der Waals surface area contributed by atoms with Crippen molar-refractivity contribution in [2.75, 3.05) is 26.2 Å². The summed E-state index contributed by atoms with van der Waals surface area (Å²) < 4.78 is 0. The number of likely N-dealkylation sites (tertiary alicyclic amines) is 1. The summed E-state index contributed by atoms with van der Waals surface area (Å²) in [6, 6.07) is 7.22. The number of fused-ring (bicyclic) bond motifs is 1. The number of nitrogens with zero attached hydrogens (tertiary/aromatic N) is 3. The number of nitrogens with one attached hydrogen (secondary N) is 2. The van der Waals surface area contributed by atoms with Crippen LogP contribution in [0, 0.1) is 0 Å². The number of aromatic nitrogens is 2. The fraction of sp³-hybridized carbons (Fsp3) is 0.500. The first-order valence-corrected chi connectivity index (χ1v) is 9.02. The number of carbonyl (C=O) groups excluding carboxylic acids is 2. The van der Waals surface area contributed by atoms with Gasteiger partial charge in [0.25, 0.3) is 5.91 Å². The molecule has 2 aliphatic heterocycles. The largest absolute Gasteiger partial charge is 0.334 e. The summed E-state index contributed by atoms with van der Waals surface area (Å²) in [4.78, 5) is 36.9. The van der Waals surface area contributed by atoms with Crippen LogP contribution in [0.4, 0.5) is 4.79 Å². The molecule has 2 saturated heterocycles. The second-order valence-electron chi connectivity index (χ2n) is 6.75. The average Bonchev–Trinajstić information content (AvgIpc) is 3.32. The second kappa shape index (κ2) is 9.39. The van der Waals surface area contributed by atoms with E-state index in [9.17, 15) is 9.59 Å². The van der Waals surface area contributed by atoms with Gasteiger partial charge in [0.1, 0.15) is 0 Å². The zero-order valence-electron chi connectivity index (χ0n) is 15.0. The van der Waals surface area contributed by atoms with Gasteiger partial charge in [0, 0.05) is 19.6 Å². The third-order valence-electron chi connectivity index (χ3n) is 5.03. The predicted molar refractivity (Wildman–Crippen MR) is 109 cm³/mol. The Bertz CT molecular complexity index is 752. The maximum absolute atomic E-state index is 13.2. The topological polar surface area (TPSA) is 81.3 Å². The van der Waals surface area contributed by atoms with Gasteiger partial charge in [-0.25, -0.2) is 9.78 Å². The summed E-state index contributed by atoms with van der Waals surface area (Å²) in [6.45, 7) is 3.03. The Labute approximate surface area is 170 Å². The monoisotopic (exact) mass is 413 g/mol. The van der Waals surface area contributed by atoms with Crippen LogP contribution in [0.25, 0.3) is 11.0 Å². The number of halogens is 2. The highest BCUT2D eigenvalue weighted by atomic mass is 35.5. The van der Waals surface area contributed by atoms with E-state index in [1.165, 1.54) is 4.90 Å². The number of hydrogen-bond donors (Lipinski definition) is 2. The second-order valence-corrected chi connectivity index (χ2v) is 6.75. The van der Waals surface area contributed by atoms with Gasteiger partial charge in [0.05, 0.1) is 17.1 Å². The minimum atomic E-state index is -0.332. The minimum Gasteiger partial charge on any atom is -0.334 e. The van der Waals surface area contributed by atoms with Crippen molar-refractivity contribution in [3.63, 3.8) is 0 Å². The van der Waals surface area contributed by atoms with Gasteiger partial charge in [-0.3, -0.25) is 9.69 Å². The van der Waals surface area contributed by atoms with E-state index in [-0.39, 0.29) is 48.6 Å². The molecule has 7 nitrogen and oxygen atoms in total. The Morgan fingerprint density at radius 3 is 2.52 bits per heavy atom. The first-order valence-electron chi connectivity index (χ1n) is 9.02. The lowest BCUT2D eigenvalue weighted by Gasteiger charge is -2.35. The number of para-hydroxylation sites is 2. The molecule has 148 valence electrons. The van der Waals surface area contributed by atoms with E-state index in [2.05, 4.69) is 15.3 Å². The molecule has 2 aliphatic rings. The summed E-state index contributed by atoms with van der Waals surface area (Å²) in [5.41, 5.74) is 1.54. The summed E-state index contributed by atoms with van der Waals surface area (Å²) in [6.07, 6.45) is 3.79. The Morgan fingerprint density at radius 2 is 1.85 bits per heavy atom. The number of aromatic amines is 1. The summed E-state index contributed by atoms with van der Waals surface area (Å²) in [7, 11) is 0. The molecular formula is C18H25Cl2N5O2. The lowest BCUT2D eigenvalue weighted by Crippen LogP contribution is -2.55. The molecule has 0 radical (unpaired) electrons. The molecule has 4 rings (SSSR count). The predicted octanol–water partition coefficient (Wildman–Crippen LogP) is 2.82. The number of imidazole rings is 1. The van der Waals surface area contributed by atoms with Crippen molar-refractivity contribution in [1.82, 2.24) is 25.1 Å². The van der Waals surface area contributed by atoms with Gasteiger partial charge < -0.3 is 15.2 Å². The Morgan fingerprint density at radius 1 is 1.11 bits per heavy atom. The van der Waals surface area contributed by atoms with Crippen LogP contribution in [-0.2, 0) is 0 Å². The quantitative estimate of drug-likeness (QED) is 0.792. The van der Waals surface area contributed by atoms with Crippen molar-refractivity contribution in [3.8, 4) is 0 Å².